The molecule has 0 atom stereocenters. The summed E-state index contributed by atoms with van der Waals surface area (Å²) in [4.78, 5) is 12.0. The van der Waals surface area contributed by atoms with Gasteiger partial charge >= 0.3 is 0 Å². The summed E-state index contributed by atoms with van der Waals surface area (Å²) in [5.41, 5.74) is 2.26. The van der Waals surface area contributed by atoms with Gasteiger partial charge in [0.1, 0.15) is 0 Å². The van der Waals surface area contributed by atoms with Crippen LogP contribution in [0.1, 0.15) is 26.3 Å². The Morgan fingerprint density at radius 3 is 2.30 bits per heavy atom. The predicted octanol–water partition coefficient (Wildman–Crippen LogP) is 3.44. The van der Waals surface area contributed by atoms with Crippen molar-refractivity contribution in [2.24, 2.45) is 5.41 Å². The van der Waals surface area contributed by atoms with E-state index in [4.69, 9.17) is 0 Å². The molecule has 0 saturated carbocycles. The Balaban J connectivity index is 2.25. The van der Waals surface area contributed by atoms with E-state index in [0.717, 1.165) is 16.8 Å². The van der Waals surface area contributed by atoms with Crippen molar-refractivity contribution in [3.63, 3.8) is 0 Å². The summed E-state index contributed by atoms with van der Waals surface area (Å²) in [5, 5.41) is 11.1. The number of amides is 1. The second kappa shape index (κ2) is 5.41. The monoisotopic (exact) mass is 269 g/mol. The van der Waals surface area contributed by atoms with Crippen LogP contribution in [0.2, 0.25) is 0 Å². The number of nitrogens with zero attached hydrogens (tertiary/aromatic N) is 2. The normalized spacial score (nSPS) is 11.2. The molecule has 0 aliphatic heterocycles. The average Bonchev–Trinajstić information content (AvgIpc) is 2.41. The molecule has 0 saturated heterocycles. The quantitative estimate of drug-likeness (QED) is 0.908. The molecule has 1 heterocycles. The molecule has 0 fully saturated rings. The number of rotatable bonds is 2. The zero-order chi connectivity index (χ0) is 14.8. The van der Waals surface area contributed by atoms with Crippen molar-refractivity contribution in [3.8, 4) is 11.3 Å². The molecule has 0 aliphatic rings. The molecule has 20 heavy (non-hydrogen) atoms. The molecule has 4 nitrogen and oxygen atoms in total. The largest absolute Gasteiger partial charge is 0.309 e. The number of hydrogen-bond acceptors (Lipinski definition) is 3. The van der Waals surface area contributed by atoms with E-state index in [1.165, 1.54) is 0 Å². The number of hydrogen-bond donors (Lipinski definition) is 1. The van der Waals surface area contributed by atoms with E-state index in [-0.39, 0.29) is 5.91 Å². The van der Waals surface area contributed by atoms with Crippen LogP contribution in [-0.2, 0) is 4.79 Å². The molecule has 1 aromatic heterocycles. The number of benzene rings is 1. The molecule has 2 rings (SSSR count). The molecule has 0 spiro atoms. The summed E-state index contributed by atoms with van der Waals surface area (Å²) < 4.78 is 0. The number of carbonyl (C=O) groups is 1. The van der Waals surface area contributed by atoms with Gasteiger partial charge in [0.15, 0.2) is 5.82 Å². The molecular weight excluding hydrogens is 250 g/mol. The van der Waals surface area contributed by atoms with Crippen molar-refractivity contribution in [2.45, 2.75) is 27.7 Å². The second-order valence-electron chi connectivity index (χ2n) is 5.83. The van der Waals surface area contributed by atoms with Crippen LogP contribution in [0.3, 0.4) is 0 Å². The Bertz CT molecular complexity index is 615. The van der Waals surface area contributed by atoms with Crippen LogP contribution >= 0.6 is 0 Å². The first-order valence-electron chi connectivity index (χ1n) is 6.59. The maximum absolute atomic E-state index is 12.0. The van der Waals surface area contributed by atoms with Gasteiger partial charge in [-0.1, -0.05) is 51.1 Å². The number of aromatic nitrogens is 2. The molecule has 1 aromatic carbocycles. The van der Waals surface area contributed by atoms with E-state index in [9.17, 15) is 4.79 Å². The summed E-state index contributed by atoms with van der Waals surface area (Å²) in [7, 11) is 0. The lowest BCUT2D eigenvalue weighted by atomic mass is 9.95. The third-order valence-electron chi connectivity index (χ3n) is 2.97. The van der Waals surface area contributed by atoms with Crippen molar-refractivity contribution in [2.75, 3.05) is 5.32 Å². The molecule has 0 aliphatic carbocycles. The zero-order valence-electron chi connectivity index (χ0n) is 12.3. The Morgan fingerprint density at radius 2 is 1.75 bits per heavy atom. The van der Waals surface area contributed by atoms with Gasteiger partial charge in [-0.15, -0.1) is 10.2 Å². The first kappa shape index (κ1) is 14.2. The van der Waals surface area contributed by atoms with Crippen molar-refractivity contribution in [1.29, 1.82) is 0 Å². The van der Waals surface area contributed by atoms with E-state index in [2.05, 4.69) is 15.5 Å². The van der Waals surface area contributed by atoms with Crippen molar-refractivity contribution < 1.29 is 4.79 Å². The van der Waals surface area contributed by atoms with Gasteiger partial charge in [0.05, 0.1) is 5.69 Å². The lowest BCUT2D eigenvalue weighted by Gasteiger charge is -2.17. The minimum Gasteiger partial charge on any atom is -0.309 e. The first-order chi connectivity index (χ1) is 9.38. The molecule has 1 amide bonds. The van der Waals surface area contributed by atoms with E-state index in [0.29, 0.717) is 5.82 Å². The molecular formula is C16H19N3O. The van der Waals surface area contributed by atoms with E-state index >= 15 is 0 Å². The third-order valence-corrected chi connectivity index (χ3v) is 2.97. The molecule has 4 heteroatoms. The summed E-state index contributed by atoms with van der Waals surface area (Å²) in [6.45, 7) is 7.51. The summed E-state index contributed by atoms with van der Waals surface area (Å²) in [6.07, 6.45) is 0. The van der Waals surface area contributed by atoms with Gasteiger partial charge in [-0.3, -0.25) is 4.79 Å². The fourth-order valence-corrected chi connectivity index (χ4v) is 1.65. The van der Waals surface area contributed by atoms with Crippen LogP contribution in [-0.4, -0.2) is 16.1 Å². The van der Waals surface area contributed by atoms with E-state index in [1.807, 2.05) is 64.1 Å². The van der Waals surface area contributed by atoms with Gasteiger partial charge in [-0.25, -0.2) is 0 Å². The Labute approximate surface area is 119 Å². The van der Waals surface area contributed by atoms with Crippen LogP contribution < -0.4 is 5.32 Å². The number of nitrogens with one attached hydrogen (secondary N) is 1. The van der Waals surface area contributed by atoms with Crippen molar-refractivity contribution in [3.05, 3.63) is 42.0 Å². The smallest absolute Gasteiger partial charge is 0.230 e. The van der Waals surface area contributed by atoms with E-state index in [1.54, 1.807) is 0 Å². The minimum atomic E-state index is -0.452. The summed E-state index contributed by atoms with van der Waals surface area (Å²) in [6, 6.07) is 11.8. The topological polar surface area (TPSA) is 54.9 Å². The van der Waals surface area contributed by atoms with Crippen LogP contribution in [0, 0.1) is 12.3 Å². The van der Waals surface area contributed by atoms with Crippen LogP contribution in [0.5, 0.6) is 0 Å². The van der Waals surface area contributed by atoms with Crippen molar-refractivity contribution >= 4 is 11.7 Å². The van der Waals surface area contributed by atoms with Gasteiger partial charge in [0.25, 0.3) is 0 Å². The molecule has 1 N–H and O–H groups in total. The fraction of sp³-hybridized carbons (Fsp3) is 0.312. The van der Waals surface area contributed by atoms with Crippen LogP contribution in [0.25, 0.3) is 11.3 Å². The summed E-state index contributed by atoms with van der Waals surface area (Å²) in [5.74, 6) is 0.451. The Morgan fingerprint density at radius 1 is 1.10 bits per heavy atom. The summed E-state index contributed by atoms with van der Waals surface area (Å²) >= 11 is 0. The molecule has 0 unspecified atom stereocenters. The van der Waals surface area contributed by atoms with Gasteiger partial charge < -0.3 is 5.32 Å². The minimum absolute atomic E-state index is 0.0673. The maximum Gasteiger partial charge on any atom is 0.230 e. The number of aryl methyl sites for hydroxylation is 1. The molecule has 0 bridgehead atoms. The first-order valence-corrected chi connectivity index (χ1v) is 6.59. The van der Waals surface area contributed by atoms with Crippen molar-refractivity contribution in [1.82, 2.24) is 10.2 Å². The third kappa shape index (κ3) is 3.20. The highest BCUT2D eigenvalue weighted by molar-refractivity contribution is 5.94. The highest BCUT2D eigenvalue weighted by atomic mass is 16.2. The standard InChI is InChI=1S/C16H19N3O/c1-11-10-13(12-8-6-5-7-9-12)18-19-14(11)17-15(20)16(2,3)4/h5-10H,1-4H3,(H,17,19,20). The number of anilines is 1. The highest BCUT2D eigenvalue weighted by Crippen LogP contribution is 2.22. The van der Waals surface area contributed by atoms with E-state index < -0.39 is 5.41 Å². The molecule has 0 radical (unpaired) electrons. The maximum atomic E-state index is 12.0. The average molecular weight is 269 g/mol. The second-order valence-corrected chi connectivity index (χ2v) is 5.83. The van der Waals surface area contributed by atoms with Gasteiger partial charge in [-0.05, 0) is 18.6 Å². The predicted molar refractivity (Wildman–Crippen MR) is 80.3 cm³/mol. The highest BCUT2D eigenvalue weighted by Gasteiger charge is 2.22. The van der Waals surface area contributed by atoms with Gasteiger partial charge in [0.2, 0.25) is 5.91 Å². The molecule has 104 valence electrons. The van der Waals surface area contributed by atoms with Gasteiger partial charge in [0, 0.05) is 11.0 Å². The van der Waals surface area contributed by atoms with Crippen LogP contribution in [0.15, 0.2) is 36.4 Å². The zero-order valence-corrected chi connectivity index (χ0v) is 12.3. The van der Waals surface area contributed by atoms with Crippen LogP contribution in [0.4, 0.5) is 5.82 Å². The number of carbonyl (C=O) groups excluding carboxylic acids is 1. The molecule has 2 aromatic rings. The SMILES string of the molecule is Cc1cc(-c2ccccc2)nnc1NC(=O)C(C)(C)C. The Hall–Kier alpha value is -2.23. The lowest BCUT2D eigenvalue weighted by molar-refractivity contribution is -0.123. The lowest BCUT2D eigenvalue weighted by Crippen LogP contribution is -2.28. The van der Waals surface area contributed by atoms with Gasteiger partial charge in [-0.2, -0.15) is 0 Å². The fourth-order valence-electron chi connectivity index (χ4n) is 1.65. The Kier molecular flexibility index (Phi) is 3.84.